The Hall–Kier alpha value is -1.32. The number of aryl methyl sites for hydroxylation is 1. The molecule has 2 atom stereocenters. The summed E-state index contributed by atoms with van der Waals surface area (Å²) in [5.41, 5.74) is 2.73. The van der Waals surface area contributed by atoms with E-state index in [-0.39, 0.29) is 0 Å². The van der Waals surface area contributed by atoms with Gasteiger partial charge in [-0.15, -0.1) is 11.3 Å². The minimum Gasteiger partial charge on any atom is -0.493 e. The van der Waals surface area contributed by atoms with Gasteiger partial charge < -0.3 is 10.1 Å². The fraction of sp³-hybridized carbons (Fsp3) is 0.375. The van der Waals surface area contributed by atoms with Crippen LogP contribution in [0.25, 0.3) is 0 Å². The summed E-state index contributed by atoms with van der Waals surface area (Å²) in [6.07, 6.45) is 1.07. The van der Waals surface area contributed by atoms with E-state index in [2.05, 4.69) is 48.9 Å². The van der Waals surface area contributed by atoms with Crippen LogP contribution in [-0.2, 0) is 0 Å². The second-order valence-corrected chi connectivity index (χ2v) is 6.15. The van der Waals surface area contributed by atoms with E-state index in [1.807, 2.05) is 17.4 Å². The predicted molar refractivity (Wildman–Crippen MR) is 80.2 cm³/mol. The lowest BCUT2D eigenvalue weighted by Crippen LogP contribution is -2.27. The molecular weight excluding hydrogens is 254 g/mol. The van der Waals surface area contributed by atoms with E-state index in [0.717, 1.165) is 18.8 Å². The van der Waals surface area contributed by atoms with Gasteiger partial charge in [0.1, 0.15) is 5.75 Å². The molecule has 0 saturated heterocycles. The quantitative estimate of drug-likeness (QED) is 0.916. The van der Waals surface area contributed by atoms with Gasteiger partial charge in [-0.05, 0) is 49.0 Å². The zero-order valence-electron chi connectivity index (χ0n) is 11.3. The van der Waals surface area contributed by atoms with E-state index in [1.54, 1.807) is 0 Å². The van der Waals surface area contributed by atoms with Crippen LogP contribution >= 0.6 is 11.3 Å². The van der Waals surface area contributed by atoms with E-state index in [1.165, 1.54) is 16.0 Å². The third-order valence-corrected chi connectivity index (χ3v) is 4.71. The highest BCUT2D eigenvalue weighted by Crippen LogP contribution is 2.41. The molecule has 1 N–H and O–H groups in total. The number of fused-ring (bicyclic) bond motifs is 1. The average molecular weight is 273 g/mol. The maximum Gasteiger partial charge on any atom is 0.122 e. The Morgan fingerprint density at radius 1 is 1.37 bits per heavy atom. The van der Waals surface area contributed by atoms with Crippen LogP contribution in [0.5, 0.6) is 5.75 Å². The van der Waals surface area contributed by atoms with Crippen molar-refractivity contribution in [2.24, 2.45) is 0 Å². The van der Waals surface area contributed by atoms with E-state index in [9.17, 15) is 0 Å². The highest BCUT2D eigenvalue weighted by molar-refractivity contribution is 7.10. The first kappa shape index (κ1) is 12.7. The fourth-order valence-electron chi connectivity index (χ4n) is 2.94. The first-order valence-corrected chi connectivity index (χ1v) is 7.61. The lowest BCUT2D eigenvalue weighted by Gasteiger charge is -2.32. The molecule has 2 heterocycles. The molecule has 2 aromatic rings. The molecule has 3 rings (SSSR count). The zero-order valence-corrected chi connectivity index (χ0v) is 12.2. The average Bonchev–Trinajstić information content (AvgIpc) is 2.86. The molecule has 0 fully saturated rings. The molecule has 1 aromatic heterocycles. The smallest absolute Gasteiger partial charge is 0.122 e. The largest absolute Gasteiger partial charge is 0.493 e. The summed E-state index contributed by atoms with van der Waals surface area (Å²) in [5.74, 6) is 1.54. The molecule has 1 aliphatic rings. The van der Waals surface area contributed by atoms with Gasteiger partial charge in [0, 0.05) is 16.8 Å². The summed E-state index contributed by atoms with van der Waals surface area (Å²) in [4.78, 5) is 1.37. The minimum atomic E-state index is 0.370. The van der Waals surface area contributed by atoms with E-state index < -0.39 is 0 Å². The van der Waals surface area contributed by atoms with Gasteiger partial charge in [-0.1, -0.05) is 18.2 Å². The van der Waals surface area contributed by atoms with Crippen LogP contribution in [-0.4, -0.2) is 13.7 Å². The summed E-state index contributed by atoms with van der Waals surface area (Å²) >= 11 is 1.82. The maximum absolute atomic E-state index is 5.76. The Bertz CT molecular complexity index is 563. The molecule has 0 radical (unpaired) electrons. The number of ether oxygens (including phenoxy) is 1. The second kappa shape index (κ2) is 5.35. The van der Waals surface area contributed by atoms with E-state index >= 15 is 0 Å². The van der Waals surface area contributed by atoms with Crippen molar-refractivity contribution < 1.29 is 4.74 Å². The van der Waals surface area contributed by atoms with Gasteiger partial charge >= 0.3 is 0 Å². The summed E-state index contributed by atoms with van der Waals surface area (Å²) in [5, 5.41) is 5.77. The van der Waals surface area contributed by atoms with Crippen molar-refractivity contribution in [2.45, 2.75) is 25.3 Å². The van der Waals surface area contributed by atoms with Gasteiger partial charge in [0.2, 0.25) is 0 Å². The van der Waals surface area contributed by atoms with Crippen LogP contribution < -0.4 is 10.1 Å². The summed E-state index contributed by atoms with van der Waals surface area (Å²) in [6, 6.07) is 11.1. The molecule has 2 unspecified atom stereocenters. The normalized spacial score (nSPS) is 19.6. The first-order chi connectivity index (χ1) is 9.29. The number of nitrogens with one attached hydrogen (secondary N) is 1. The van der Waals surface area contributed by atoms with Crippen molar-refractivity contribution in [2.75, 3.05) is 13.7 Å². The SMILES string of the molecule is CNC(c1csc(C)c1)C1CCOc2ccccc21. The Balaban J connectivity index is 1.97. The van der Waals surface area contributed by atoms with Crippen LogP contribution in [0.2, 0.25) is 0 Å². The molecule has 100 valence electrons. The molecular formula is C16H19NOS. The van der Waals surface area contributed by atoms with Crippen LogP contribution in [0.3, 0.4) is 0 Å². The third kappa shape index (κ3) is 2.40. The number of likely N-dealkylation sites (N-methyl/N-ethyl adjacent to an activating group) is 1. The summed E-state index contributed by atoms with van der Waals surface area (Å²) in [7, 11) is 2.05. The zero-order chi connectivity index (χ0) is 13.2. The van der Waals surface area contributed by atoms with Crippen molar-refractivity contribution in [1.82, 2.24) is 5.32 Å². The topological polar surface area (TPSA) is 21.3 Å². The maximum atomic E-state index is 5.76. The molecule has 2 nitrogen and oxygen atoms in total. The number of para-hydroxylation sites is 1. The second-order valence-electron chi connectivity index (χ2n) is 5.04. The fourth-order valence-corrected chi connectivity index (χ4v) is 3.68. The molecule has 3 heteroatoms. The highest BCUT2D eigenvalue weighted by Gasteiger charge is 2.29. The van der Waals surface area contributed by atoms with Crippen LogP contribution in [0.4, 0.5) is 0 Å². The number of hydrogen-bond donors (Lipinski definition) is 1. The lowest BCUT2D eigenvalue weighted by molar-refractivity contribution is 0.249. The Labute approximate surface area is 118 Å². The summed E-state index contributed by atoms with van der Waals surface area (Å²) in [6.45, 7) is 2.97. The van der Waals surface area contributed by atoms with Gasteiger partial charge in [0.25, 0.3) is 0 Å². The number of thiophene rings is 1. The molecule has 19 heavy (non-hydrogen) atoms. The molecule has 1 aromatic carbocycles. The van der Waals surface area contributed by atoms with Crippen LogP contribution in [0, 0.1) is 6.92 Å². The van der Waals surface area contributed by atoms with Crippen LogP contribution in [0.15, 0.2) is 35.7 Å². The predicted octanol–water partition coefficient (Wildman–Crippen LogP) is 3.88. The minimum absolute atomic E-state index is 0.370. The number of hydrogen-bond acceptors (Lipinski definition) is 3. The third-order valence-electron chi connectivity index (χ3n) is 3.83. The molecule has 0 amide bonds. The molecule has 0 saturated carbocycles. The van der Waals surface area contributed by atoms with E-state index in [4.69, 9.17) is 4.74 Å². The molecule has 0 aliphatic carbocycles. The van der Waals surface area contributed by atoms with Crippen molar-refractivity contribution in [3.63, 3.8) is 0 Å². The van der Waals surface area contributed by atoms with Gasteiger partial charge in [0.05, 0.1) is 6.61 Å². The van der Waals surface area contributed by atoms with Gasteiger partial charge in [-0.3, -0.25) is 0 Å². The Kier molecular flexibility index (Phi) is 3.58. The lowest BCUT2D eigenvalue weighted by atomic mass is 9.84. The van der Waals surface area contributed by atoms with Gasteiger partial charge in [-0.25, -0.2) is 0 Å². The summed E-state index contributed by atoms with van der Waals surface area (Å²) < 4.78 is 5.76. The highest BCUT2D eigenvalue weighted by atomic mass is 32.1. The Morgan fingerprint density at radius 2 is 2.21 bits per heavy atom. The molecule has 0 spiro atoms. The monoisotopic (exact) mass is 273 g/mol. The van der Waals surface area contributed by atoms with Crippen molar-refractivity contribution in [3.8, 4) is 5.75 Å². The van der Waals surface area contributed by atoms with Gasteiger partial charge in [0.15, 0.2) is 0 Å². The van der Waals surface area contributed by atoms with Crippen molar-refractivity contribution in [3.05, 3.63) is 51.7 Å². The van der Waals surface area contributed by atoms with Gasteiger partial charge in [-0.2, -0.15) is 0 Å². The number of benzene rings is 1. The van der Waals surface area contributed by atoms with E-state index in [0.29, 0.717) is 12.0 Å². The van der Waals surface area contributed by atoms with Crippen LogP contribution in [0.1, 0.15) is 34.4 Å². The standard InChI is InChI=1S/C16H19NOS/c1-11-9-12(10-19-11)16(17-2)14-7-8-18-15-6-4-3-5-13(14)15/h3-6,9-10,14,16-17H,7-8H2,1-2H3. The first-order valence-electron chi connectivity index (χ1n) is 6.73. The van der Waals surface area contributed by atoms with Crippen molar-refractivity contribution in [1.29, 1.82) is 0 Å². The van der Waals surface area contributed by atoms with Crippen molar-refractivity contribution >= 4 is 11.3 Å². The number of rotatable bonds is 3. The molecule has 0 bridgehead atoms. The molecule has 1 aliphatic heterocycles. The Morgan fingerprint density at radius 3 is 2.95 bits per heavy atom.